The average molecular weight is 953 g/mol. The number of rotatable bonds is 16. The highest BCUT2D eigenvalue weighted by Crippen LogP contribution is 2.40. The van der Waals surface area contributed by atoms with Crippen LogP contribution < -0.4 is 9.47 Å². The highest BCUT2D eigenvalue weighted by atomic mass is 32.2. The zero-order valence-electron chi connectivity index (χ0n) is 33.2. The van der Waals surface area contributed by atoms with E-state index in [1.807, 2.05) is 0 Å². The van der Waals surface area contributed by atoms with E-state index in [9.17, 15) is 47.1 Å². The summed E-state index contributed by atoms with van der Waals surface area (Å²) in [6, 6.07) is 24.9. The van der Waals surface area contributed by atoms with Crippen LogP contribution in [0.5, 0.6) is 11.5 Å². The van der Waals surface area contributed by atoms with Gasteiger partial charge in [-0.3, -0.25) is 19.2 Å². The monoisotopic (exact) mass is 952 g/mol. The van der Waals surface area contributed by atoms with Crippen LogP contribution in [-0.4, -0.2) is 58.3 Å². The highest BCUT2D eigenvalue weighted by Gasteiger charge is 2.36. The molecule has 1 aliphatic rings. The summed E-state index contributed by atoms with van der Waals surface area (Å²) in [6.07, 6.45) is 0.340. The molecule has 4 aromatic carbocycles. The smallest absolute Gasteiger partial charge is 0.422 e. The molecule has 1 saturated carbocycles. The standard InChI is InChI=1S/C44H34F2O14S4/c1-25(45)37(47)55-23-57-43(53)59-29-11-7-27(8-12-29)39(49)61-31-15-19-33(20-16-31)63-41(51)35-5-3-4-6-36(35)42(52)64-34-21-17-32(18-22-34)62-40(50)28-9-13-30(14-10-28)60-44(54)58-24-56-38(48)26(2)46/h7-22,35-36H,1-6,23-24H2/t35-,36-/m0/s1. The van der Waals surface area contributed by atoms with Gasteiger partial charge in [0.25, 0.3) is 0 Å². The second-order valence-electron chi connectivity index (χ2n) is 13.0. The molecule has 1 fully saturated rings. The van der Waals surface area contributed by atoms with Gasteiger partial charge in [-0.05, 0) is 133 Å². The summed E-state index contributed by atoms with van der Waals surface area (Å²) in [5, 5.41) is -0.857. The summed E-state index contributed by atoms with van der Waals surface area (Å²) in [4.78, 5) is 101. The first-order valence-corrected chi connectivity index (χ1v) is 21.9. The highest BCUT2D eigenvalue weighted by molar-refractivity contribution is 8.15. The van der Waals surface area contributed by atoms with E-state index in [0.717, 1.165) is 59.9 Å². The molecule has 0 N–H and O–H groups in total. The van der Waals surface area contributed by atoms with Gasteiger partial charge in [0.15, 0.2) is 10.2 Å². The van der Waals surface area contributed by atoms with Crippen LogP contribution in [-0.2, 0) is 38.1 Å². The number of carbonyl (C=O) groups excluding carboxylic acids is 8. The van der Waals surface area contributed by atoms with E-state index in [1.54, 1.807) is 48.5 Å². The summed E-state index contributed by atoms with van der Waals surface area (Å²) in [5.41, 5.74) is 0.606. The van der Waals surface area contributed by atoms with Gasteiger partial charge in [-0.15, -0.1) is 0 Å². The van der Waals surface area contributed by atoms with Crippen LogP contribution in [0.15, 0.2) is 141 Å². The third kappa shape index (κ3) is 15.2. The maximum atomic E-state index is 13.6. The van der Waals surface area contributed by atoms with Gasteiger partial charge in [-0.2, -0.15) is 8.78 Å². The largest absolute Gasteiger partial charge is 0.516 e. The third-order valence-corrected chi connectivity index (χ3v) is 12.5. The molecule has 0 spiro atoms. The van der Waals surface area contributed by atoms with Crippen molar-refractivity contribution in [1.82, 2.24) is 0 Å². The van der Waals surface area contributed by atoms with Crippen LogP contribution in [0.1, 0.15) is 46.4 Å². The van der Waals surface area contributed by atoms with E-state index < -0.39 is 61.3 Å². The predicted molar refractivity (Wildman–Crippen MR) is 230 cm³/mol. The lowest BCUT2D eigenvalue weighted by Crippen LogP contribution is -2.30. The van der Waals surface area contributed by atoms with Crippen molar-refractivity contribution in [2.45, 2.75) is 45.3 Å². The van der Waals surface area contributed by atoms with Gasteiger partial charge in [0.05, 0.1) is 0 Å². The van der Waals surface area contributed by atoms with E-state index in [1.165, 1.54) is 48.5 Å². The Kier molecular flexibility index (Phi) is 18.3. The van der Waals surface area contributed by atoms with Crippen molar-refractivity contribution in [2.75, 3.05) is 13.6 Å². The predicted octanol–water partition coefficient (Wildman–Crippen LogP) is 10.3. The fourth-order valence-electron chi connectivity index (χ4n) is 5.55. The number of esters is 2. The van der Waals surface area contributed by atoms with E-state index in [-0.39, 0.29) is 32.0 Å². The van der Waals surface area contributed by atoms with E-state index in [0.29, 0.717) is 43.6 Å². The van der Waals surface area contributed by atoms with Crippen molar-refractivity contribution >= 4 is 91.8 Å². The summed E-state index contributed by atoms with van der Waals surface area (Å²) in [7, 11) is 0. The molecule has 0 aliphatic heterocycles. The Hall–Kier alpha value is -6.22. The summed E-state index contributed by atoms with van der Waals surface area (Å²) >= 11 is 3.99. The Balaban J connectivity index is 1.06. The van der Waals surface area contributed by atoms with Crippen molar-refractivity contribution in [3.05, 3.63) is 133 Å². The van der Waals surface area contributed by atoms with Crippen molar-refractivity contribution in [1.29, 1.82) is 0 Å². The quantitative estimate of drug-likeness (QED) is 0.0338. The Bertz CT molecular complexity index is 2240. The Morgan fingerprint density at radius 1 is 0.469 bits per heavy atom. The minimum absolute atomic E-state index is 0.0374. The number of hydrogen-bond donors (Lipinski definition) is 0. The van der Waals surface area contributed by atoms with Gasteiger partial charge in [0.2, 0.25) is 35.5 Å². The van der Waals surface area contributed by atoms with E-state index in [4.69, 9.17) is 9.47 Å². The summed E-state index contributed by atoms with van der Waals surface area (Å²) in [6.45, 7) is 3.73. The minimum atomic E-state index is -1.39. The molecular weight excluding hydrogens is 919 g/mol. The Morgan fingerprint density at radius 3 is 1.09 bits per heavy atom. The first kappa shape index (κ1) is 48.8. The number of ether oxygens (including phenoxy) is 6. The zero-order valence-corrected chi connectivity index (χ0v) is 36.4. The fourth-order valence-corrected chi connectivity index (χ4v) is 8.91. The Labute approximate surface area is 380 Å². The third-order valence-electron chi connectivity index (χ3n) is 8.64. The van der Waals surface area contributed by atoms with Crippen molar-refractivity contribution < 1.29 is 75.6 Å². The number of thioether (sulfide) groups is 4. The first-order valence-electron chi connectivity index (χ1n) is 18.7. The number of carbonyl (C=O) groups is 8. The Morgan fingerprint density at radius 2 is 0.781 bits per heavy atom. The molecule has 4 aromatic rings. The molecule has 64 heavy (non-hydrogen) atoms. The van der Waals surface area contributed by atoms with Gasteiger partial charge < -0.3 is 28.4 Å². The van der Waals surface area contributed by atoms with Crippen LogP contribution in [0, 0.1) is 11.8 Å². The van der Waals surface area contributed by atoms with Gasteiger partial charge in [0.1, 0.15) is 11.5 Å². The topological polar surface area (TPSA) is 192 Å². The van der Waals surface area contributed by atoms with Gasteiger partial charge in [-0.1, -0.05) is 49.5 Å². The van der Waals surface area contributed by atoms with Crippen LogP contribution >= 0.6 is 47.0 Å². The fraction of sp³-hybridized carbons (Fsp3) is 0.182. The molecule has 20 heteroatoms. The molecule has 5 rings (SSSR count). The maximum Gasteiger partial charge on any atom is 0.516 e. The molecule has 0 unspecified atom stereocenters. The van der Waals surface area contributed by atoms with E-state index >= 15 is 0 Å². The molecule has 332 valence electrons. The molecule has 0 aromatic heterocycles. The molecule has 1 aliphatic carbocycles. The van der Waals surface area contributed by atoms with Gasteiger partial charge >= 0.3 is 24.2 Å². The second kappa shape index (κ2) is 24.0. The lowest BCUT2D eigenvalue weighted by atomic mass is 9.81. The lowest BCUT2D eigenvalue weighted by Gasteiger charge is -2.28. The number of hydrogen-bond acceptors (Lipinski definition) is 18. The SMILES string of the molecule is C=C(F)C(=O)OCOC(=O)Oc1ccc(C(=O)Sc2ccc(SC(=O)[C@H]3CCCC[C@@H]3C(=O)Sc3ccc(SC(=O)c4ccc(OC(=O)OCOC(=O)C(=C)F)cc4)cc3)cc2)cc1. The molecule has 0 heterocycles. The first-order chi connectivity index (χ1) is 30.6. The van der Waals surface area contributed by atoms with Crippen LogP contribution in [0.2, 0.25) is 0 Å². The van der Waals surface area contributed by atoms with Crippen LogP contribution in [0.3, 0.4) is 0 Å². The molecular formula is C44H34F2O14S4. The second-order valence-corrected chi connectivity index (χ2v) is 17.3. The normalized spacial score (nSPS) is 14.2. The summed E-state index contributed by atoms with van der Waals surface area (Å²) in [5.74, 6) is -6.37. The summed E-state index contributed by atoms with van der Waals surface area (Å²) < 4.78 is 52.7. The van der Waals surface area contributed by atoms with Gasteiger partial charge in [0, 0.05) is 42.5 Å². The zero-order chi connectivity index (χ0) is 46.2. The molecule has 2 atom stereocenters. The van der Waals surface area contributed by atoms with Gasteiger partial charge in [-0.25, -0.2) is 19.2 Å². The molecule has 14 nitrogen and oxygen atoms in total. The van der Waals surface area contributed by atoms with Crippen LogP contribution in [0.4, 0.5) is 18.4 Å². The minimum Gasteiger partial charge on any atom is -0.422 e. The lowest BCUT2D eigenvalue weighted by molar-refractivity contribution is -0.150. The van der Waals surface area contributed by atoms with Crippen molar-refractivity contribution in [3.8, 4) is 11.5 Å². The average Bonchev–Trinajstić information content (AvgIpc) is 3.28. The van der Waals surface area contributed by atoms with Crippen LogP contribution in [0.25, 0.3) is 0 Å². The number of benzene rings is 4. The molecule has 0 saturated heterocycles. The molecule has 0 radical (unpaired) electrons. The number of halogens is 2. The van der Waals surface area contributed by atoms with Crippen molar-refractivity contribution in [3.63, 3.8) is 0 Å². The molecule has 0 amide bonds. The van der Waals surface area contributed by atoms with Crippen molar-refractivity contribution in [2.24, 2.45) is 11.8 Å². The molecule has 0 bridgehead atoms. The van der Waals surface area contributed by atoms with E-state index in [2.05, 4.69) is 32.1 Å². The maximum absolute atomic E-state index is 13.6.